The van der Waals surface area contributed by atoms with Crippen molar-refractivity contribution in [1.29, 1.82) is 0 Å². The van der Waals surface area contributed by atoms with E-state index in [9.17, 15) is 19.5 Å². The normalized spacial score (nSPS) is 13.5. The van der Waals surface area contributed by atoms with Gasteiger partial charge in [-0.3, -0.25) is 9.59 Å². The van der Waals surface area contributed by atoms with Crippen LogP contribution in [0.15, 0.2) is 72.9 Å². The van der Waals surface area contributed by atoms with Gasteiger partial charge in [-0.1, -0.05) is 196 Å². The Morgan fingerprint density at radius 2 is 0.889 bits per heavy atom. The fourth-order valence-corrected chi connectivity index (χ4v) is 7.21. The Balaban J connectivity index is 4.33. The summed E-state index contributed by atoms with van der Waals surface area (Å²) in [6, 6.07) is -0.624. The molecule has 1 N–H and O–H groups in total. The number of carbonyl (C=O) groups is 3. The minimum atomic E-state index is -0.881. The number of allylic oxidation sites excluding steroid dienone is 12. The molecule has 2 atom stereocenters. The van der Waals surface area contributed by atoms with Gasteiger partial charge in [-0.05, 0) is 64.2 Å². The lowest BCUT2D eigenvalue weighted by Crippen LogP contribution is -2.50. The predicted octanol–water partition coefficient (Wildman–Crippen LogP) is 14.7. The average Bonchev–Trinajstić information content (AvgIpc) is 3.24. The highest BCUT2D eigenvalue weighted by Crippen LogP contribution is 2.15. The summed E-state index contributed by atoms with van der Waals surface area (Å²) >= 11 is 0. The molecule has 0 bridgehead atoms. The maximum Gasteiger partial charge on any atom is 0.362 e. The lowest BCUT2D eigenvalue weighted by molar-refractivity contribution is -0.887. The summed E-state index contributed by atoms with van der Waals surface area (Å²) in [6.07, 6.45) is 58.1. The van der Waals surface area contributed by atoms with Gasteiger partial charge in [0.15, 0.2) is 12.1 Å². The SMILES string of the molecule is CC/C=C/C/C=C/C/C=C/C/C=C/C/C=C/C/C=C/CCCCCC(=O)OC(COCCC(C(=O)O)[N+](C)(C)C)COC(=O)CCCCCCCCCCCCCCCCCCC. The van der Waals surface area contributed by atoms with Crippen molar-refractivity contribution in [2.45, 2.75) is 219 Å². The molecule has 0 aromatic heterocycles. The van der Waals surface area contributed by atoms with E-state index in [4.69, 9.17) is 14.2 Å². The summed E-state index contributed by atoms with van der Waals surface area (Å²) in [6.45, 7) is 4.60. The molecule has 0 heterocycles. The molecule has 0 aromatic carbocycles. The van der Waals surface area contributed by atoms with E-state index in [1.807, 2.05) is 21.1 Å². The standard InChI is InChI=1S/C55H95NO7/c1-6-8-10-12-14-16-18-20-22-24-25-26-27-28-30-32-34-36-38-40-42-44-46-54(58)63-51(49-61-48-47-52(55(59)60)56(3,4)5)50-62-53(57)45-43-41-39-37-35-33-31-29-23-21-19-17-15-13-11-9-7-2/h8,10,14,16,20,22,25-26,28,30,34,36,51-52H,6-7,9,11-13,15,17-19,21,23-24,27,29,31-33,35,37-50H2,1-5H3/p+1/b10-8+,16-14+,22-20+,26-25+,30-28+,36-34+. The minimum Gasteiger partial charge on any atom is -0.477 e. The van der Waals surface area contributed by atoms with Crippen LogP contribution in [0.3, 0.4) is 0 Å². The molecule has 362 valence electrons. The number of likely N-dealkylation sites (N-methyl/N-ethyl adjacent to an activating group) is 1. The largest absolute Gasteiger partial charge is 0.477 e. The first kappa shape index (κ1) is 59.8. The van der Waals surface area contributed by atoms with Crippen molar-refractivity contribution >= 4 is 17.9 Å². The van der Waals surface area contributed by atoms with Crippen LogP contribution < -0.4 is 0 Å². The first-order valence-corrected chi connectivity index (χ1v) is 25.5. The van der Waals surface area contributed by atoms with Crippen molar-refractivity contribution in [3.8, 4) is 0 Å². The van der Waals surface area contributed by atoms with Crippen LogP contribution in [0.5, 0.6) is 0 Å². The average molecular weight is 883 g/mol. The topological polar surface area (TPSA) is 99.1 Å². The van der Waals surface area contributed by atoms with Crippen molar-refractivity contribution in [2.24, 2.45) is 0 Å². The molecular weight excluding hydrogens is 787 g/mol. The molecule has 0 saturated carbocycles. The van der Waals surface area contributed by atoms with Crippen LogP contribution in [-0.4, -0.2) is 80.6 Å². The summed E-state index contributed by atoms with van der Waals surface area (Å²) in [4.78, 5) is 37.1. The highest BCUT2D eigenvalue weighted by molar-refractivity contribution is 5.72. The van der Waals surface area contributed by atoms with E-state index >= 15 is 0 Å². The Bertz CT molecular complexity index is 1260. The second kappa shape index (κ2) is 45.3. The van der Waals surface area contributed by atoms with Crippen LogP contribution >= 0.6 is 0 Å². The van der Waals surface area contributed by atoms with Crippen LogP contribution in [0.4, 0.5) is 0 Å². The molecule has 2 unspecified atom stereocenters. The number of nitrogens with zero attached hydrogens (tertiary/aromatic N) is 1. The molecule has 0 aliphatic rings. The van der Waals surface area contributed by atoms with E-state index in [0.717, 1.165) is 83.5 Å². The molecule has 0 spiro atoms. The molecule has 8 heteroatoms. The Morgan fingerprint density at radius 3 is 1.32 bits per heavy atom. The number of aliphatic carboxylic acids is 1. The van der Waals surface area contributed by atoms with E-state index in [-0.39, 0.29) is 42.7 Å². The van der Waals surface area contributed by atoms with Crippen LogP contribution in [0.2, 0.25) is 0 Å². The Morgan fingerprint density at radius 1 is 0.492 bits per heavy atom. The highest BCUT2D eigenvalue weighted by atomic mass is 16.6. The van der Waals surface area contributed by atoms with E-state index in [1.165, 1.54) is 89.9 Å². The lowest BCUT2D eigenvalue weighted by atomic mass is 10.0. The number of esters is 2. The van der Waals surface area contributed by atoms with Crippen LogP contribution in [0.25, 0.3) is 0 Å². The zero-order chi connectivity index (χ0) is 46.3. The van der Waals surface area contributed by atoms with E-state index in [2.05, 4.69) is 86.8 Å². The summed E-state index contributed by atoms with van der Waals surface area (Å²) < 4.78 is 17.3. The quantitative estimate of drug-likeness (QED) is 0.0281. The van der Waals surface area contributed by atoms with Gasteiger partial charge in [0, 0.05) is 19.3 Å². The highest BCUT2D eigenvalue weighted by Gasteiger charge is 2.31. The fraction of sp³-hybridized carbons (Fsp3) is 0.727. The number of carbonyl (C=O) groups excluding carboxylic acids is 2. The van der Waals surface area contributed by atoms with Gasteiger partial charge in [0.1, 0.15) is 6.61 Å². The van der Waals surface area contributed by atoms with Crippen molar-refractivity contribution in [1.82, 2.24) is 0 Å². The zero-order valence-electron chi connectivity index (χ0n) is 41.3. The van der Waals surface area contributed by atoms with Gasteiger partial charge in [-0.2, -0.15) is 0 Å². The Labute approximate surface area is 387 Å². The van der Waals surface area contributed by atoms with Gasteiger partial charge in [0.2, 0.25) is 0 Å². The second-order valence-corrected chi connectivity index (χ2v) is 18.1. The molecule has 0 aliphatic carbocycles. The molecule has 0 amide bonds. The van der Waals surface area contributed by atoms with Gasteiger partial charge < -0.3 is 23.8 Å². The molecule has 0 saturated heterocycles. The number of unbranched alkanes of at least 4 members (excludes halogenated alkanes) is 19. The van der Waals surface area contributed by atoms with Gasteiger partial charge in [0.25, 0.3) is 0 Å². The number of quaternary nitrogens is 1. The van der Waals surface area contributed by atoms with E-state index < -0.39 is 18.1 Å². The number of carboxylic acids is 1. The molecule has 0 fully saturated rings. The third-order valence-electron chi connectivity index (χ3n) is 11.1. The van der Waals surface area contributed by atoms with Gasteiger partial charge in [-0.25, -0.2) is 4.79 Å². The summed E-state index contributed by atoms with van der Waals surface area (Å²) in [5, 5.41) is 9.65. The maximum absolute atomic E-state index is 12.8. The molecule has 0 aromatic rings. The van der Waals surface area contributed by atoms with Gasteiger partial charge >= 0.3 is 17.9 Å². The van der Waals surface area contributed by atoms with Crippen molar-refractivity contribution in [3.63, 3.8) is 0 Å². The van der Waals surface area contributed by atoms with Gasteiger partial charge in [-0.15, -0.1) is 0 Å². The van der Waals surface area contributed by atoms with Crippen molar-refractivity contribution < 1.29 is 38.2 Å². The predicted molar refractivity (Wildman–Crippen MR) is 266 cm³/mol. The van der Waals surface area contributed by atoms with E-state index in [1.54, 1.807) is 0 Å². The van der Waals surface area contributed by atoms with Crippen LogP contribution in [0, 0.1) is 0 Å². The summed E-state index contributed by atoms with van der Waals surface area (Å²) in [5.41, 5.74) is 0. The molecular formula is C55H96NO7+. The Hall–Kier alpha value is -3.23. The molecule has 0 radical (unpaired) electrons. The first-order valence-electron chi connectivity index (χ1n) is 25.5. The molecule has 63 heavy (non-hydrogen) atoms. The number of hydrogen-bond donors (Lipinski definition) is 1. The molecule has 8 nitrogen and oxygen atoms in total. The van der Waals surface area contributed by atoms with Crippen LogP contribution in [-0.2, 0) is 28.6 Å². The first-order chi connectivity index (χ1) is 30.6. The number of hydrogen-bond acceptors (Lipinski definition) is 6. The lowest BCUT2D eigenvalue weighted by Gasteiger charge is -2.31. The number of carboxylic acid groups (broad SMARTS) is 1. The summed E-state index contributed by atoms with van der Waals surface area (Å²) in [7, 11) is 5.52. The van der Waals surface area contributed by atoms with Crippen molar-refractivity contribution in [3.05, 3.63) is 72.9 Å². The maximum atomic E-state index is 12.8. The molecule has 0 rings (SSSR count). The van der Waals surface area contributed by atoms with E-state index in [0.29, 0.717) is 12.8 Å². The van der Waals surface area contributed by atoms with Gasteiger partial charge in [0.05, 0.1) is 34.4 Å². The minimum absolute atomic E-state index is 0.0459. The fourth-order valence-electron chi connectivity index (χ4n) is 7.21. The Kier molecular flexibility index (Phi) is 43.0. The second-order valence-electron chi connectivity index (χ2n) is 18.1. The van der Waals surface area contributed by atoms with Crippen molar-refractivity contribution in [2.75, 3.05) is 41.0 Å². The smallest absolute Gasteiger partial charge is 0.362 e. The third-order valence-corrected chi connectivity index (χ3v) is 11.1. The number of ether oxygens (including phenoxy) is 3. The zero-order valence-corrected chi connectivity index (χ0v) is 41.3. The summed E-state index contributed by atoms with van der Waals surface area (Å²) in [5.74, 6) is -1.51. The molecule has 0 aliphatic heterocycles. The number of rotatable bonds is 45. The monoisotopic (exact) mass is 883 g/mol. The van der Waals surface area contributed by atoms with Crippen LogP contribution in [0.1, 0.15) is 206 Å². The third kappa shape index (κ3) is 43.8.